The molecule has 1 aliphatic heterocycles. The molecule has 1 aromatic carbocycles. The van der Waals surface area contributed by atoms with Gasteiger partial charge in [-0.3, -0.25) is 14.3 Å². The summed E-state index contributed by atoms with van der Waals surface area (Å²) < 4.78 is 6.94. The van der Waals surface area contributed by atoms with Crippen LogP contribution >= 0.6 is 0 Å². The first-order valence-electron chi connectivity index (χ1n) is 9.65. The minimum atomic E-state index is -0.527. The van der Waals surface area contributed by atoms with Gasteiger partial charge in [-0.05, 0) is 38.0 Å². The van der Waals surface area contributed by atoms with E-state index in [0.717, 1.165) is 28.3 Å². The van der Waals surface area contributed by atoms with Crippen LogP contribution in [0, 0.1) is 25.2 Å². The molecular formula is C22H25N5O3. The van der Waals surface area contributed by atoms with E-state index in [9.17, 15) is 14.9 Å². The summed E-state index contributed by atoms with van der Waals surface area (Å²) in [5, 5.41) is 14.0. The van der Waals surface area contributed by atoms with Gasteiger partial charge in [0, 0.05) is 33.3 Å². The van der Waals surface area contributed by atoms with Crippen molar-refractivity contribution in [2.75, 3.05) is 30.5 Å². The van der Waals surface area contributed by atoms with Gasteiger partial charge in [0.25, 0.3) is 0 Å². The van der Waals surface area contributed by atoms with Crippen molar-refractivity contribution in [3.8, 4) is 6.07 Å². The predicted molar refractivity (Wildman–Crippen MR) is 113 cm³/mol. The first-order valence-corrected chi connectivity index (χ1v) is 9.65. The number of Topliss-reactive ketones (excluding diaryl/α,β-unsaturated/α-hetero) is 1. The highest BCUT2D eigenvalue weighted by atomic mass is 16.5. The lowest BCUT2D eigenvalue weighted by atomic mass is 10.1. The van der Waals surface area contributed by atoms with Gasteiger partial charge in [-0.25, -0.2) is 0 Å². The molecule has 1 aliphatic rings. The normalized spacial score (nSPS) is 12.6. The van der Waals surface area contributed by atoms with Gasteiger partial charge in [-0.15, -0.1) is 0 Å². The Hall–Kier alpha value is -3.60. The molecule has 0 spiro atoms. The Labute approximate surface area is 175 Å². The third kappa shape index (κ3) is 3.79. The van der Waals surface area contributed by atoms with Crippen LogP contribution < -0.4 is 9.80 Å². The highest BCUT2D eigenvalue weighted by Gasteiger charge is 2.31. The Kier molecular flexibility index (Phi) is 5.92. The number of aryl methyl sites for hydroxylation is 2. The molecule has 0 N–H and O–H groups in total. The maximum atomic E-state index is 12.7. The highest BCUT2D eigenvalue weighted by Crippen LogP contribution is 2.40. The number of benzene rings is 1. The second-order valence-corrected chi connectivity index (χ2v) is 7.27. The zero-order valence-corrected chi connectivity index (χ0v) is 17.9. The predicted octanol–water partition coefficient (Wildman–Crippen LogP) is 2.40. The van der Waals surface area contributed by atoms with Crippen LogP contribution in [0.1, 0.15) is 23.4 Å². The van der Waals surface area contributed by atoms with Crippen molar-refractivity contribution in [1.82, 2.24) is 9.78 Å². The van der Waals surface area contributed by atoms with Crippen LogP contribution in [0.5, 0.6) is 0 Å². The maximum absolute atomic E-state index is 12.7. The average Bonchev–Trinajstić information content (AvgIpc) is 3.12. The Morgan fingerprint density at radius 2 is 1.70 bits per heavy atom. The van der Waals surface area contributed by atoms with Crippen LogP contribution in [0.25, 0.3) is 0 Å². The molecule has 2 heterocycles. The summed E-state index contributed by atoms with van der Waals surface area (Å²) in [7, 11) is 5.45. The number of esters is 1. The molecule has 3 rings (SSSR count). The van der Waals surface area contributed by atoms with Gasteiger partial charge >= 0.3 is 5.97 Å². The van der Waals surface area contributed by atoms with Gasteiger partial charge in [0.15, 0.2) is 6.61 Å². The van der Waals surface area contributed by atoms with E-state index >= 15 is 0 Å². The molecule has 0 fully saturated rings. The molecule has 0 bridgehead atoms. The number of nitriles is 1. The minimum Gasteiger partial charge on any atom is -0.457 e. The molecule has 0 saturated heterocycles. The number of aromatic nitrogens is 2. The number of nitrogens with zero attached hydrogens (tertiary/aromatic N) is 5. The number of para-hydroxylation sites is 2. The lowest BCUT2D eigenvalue weighted by Crippen LogP contribution is -2.27. The SMILES string of the molecule is Cc1nn(C)c(C)c1CCC(=O)OCC(=O)C(C#N)=C1N(C)c2ccccc2N1C. The number of ether oxygens (including phenoxy) is 1. The first-order chi connectivity index (χ1) is 14.3. The van der Waals surface area contributed by atoms with Crippen molar-refractivity contribution in [3.63, 3.8) is 0 Å². The van der Waals surface area contributed by atoms with Crippen molar-refractivity contribution < 1.29 is 14.3 Å². The van der Waals surface area contributed by atoms with Crippen LogP contribution in [0.15, 0.2) is 35.7 Å². The zero-order chi connectivity index (χ0) is 22.0. The molecular weight excluding hydrogens is 382 g/mol. The summed E-state index contributed by atoms with van der Waals surface area (Å²) in [4.78, 5) is 28.4. The molecule has 0 atom stereocenters. The Morgan fingerprint density at radius 3 is 2.20 bits per heavy atom. The standard InChI is InChI=1S/C22H25N5O3/c1-14-16(15(2)27(5)24-14)10-11-21(29)30-13-20(28)17(12-23)22-25(3)18-8-6-7-9-19(18)26(22)4/h6-9H,10-11,13H2,1-5H3. The van der Waals surface area contributed by atoms with E-state index in [1.165, 1.54) is 0 Å². The fraction of sp³-hybridized carbons (Fsp3) is 0.364. The molecule has 8 nitrogen and oxygen atoms in total. The topological polar surface area (TPSA) is 91.5 Å². The van der Waals surface area contributed by atoms with Crippen LogP contribution in [0.4, 0.5) is 11.4 Å². The number of hydrogen-bond donors (Lipinski definition) is 0. The summed E-state index contributed by atoms with van der Waals surface area (Å²) >= 11 is 0. The number of rotatable bonds is 6. The first kappa shape index (κ1) is 21.1. The summed E-state index contributed by atoms with van der Waals surface area (Å²) in [6.07, 6.45) is 0.635. The molecule has 1 aromatic heterocycles. The number of carbonyl (C=O) groups is 2. The van der Waals surface area contributed by atoms with E-state index in [0.29, 0.717) is 12.2 Å². The van der Waals surface area contributed by atoms with E-state index in [-0.39, 0.29) is 12.0 Å². The molecule has 0 amide bonds. The second kappa shape index (κ2) is 8.41. The van der Waals surface area contributed by atoms with Crippen LogP contribution in [0.2, 0.25) is 0 Å². The van der Waals surface area contributed by atoms with E-state index in [1.54, 1.807) is 28.6 Å². The largest absolute Gasteiger partial charge is 0.457 e. The molecule has 0 radical (unpaired) electrons. The van der Waals surface area contributed by atoms with Crippen LogP contribution in [-0.4, -0.2) is 42.2 Å². The van der Waals surface area contributed by atoms with Crippen molar-refractivity contribution in [2.24, 2.45) is 7.05 Å². The number of ketones is 1. The Balaban J connectivity index is 1.66. The number of fused-ring (bicyclic) bond motifs is 1. The average molecular weight is 407 g/mol. The lowest BCUT2D eigenvalue weighted by molar-refractivity contribution is -0.147. The van der Waals surface area contributed by atoms with Crippen molar-refractivity contribution >= 4 is 23.1 Å². The minimum absolute atomic E-state index is 0.0389. The summed E-state index contributed by atoms with van der Waals surface area (Å²) in [5.74, 6) is -0.535. The third-order valence-electron chi connectivity index (χ3n) is 5.46. The quantitative estimate of drug-likeness (QED) is 0.412. The summed E-state index contributed by atoms with van der Waals surface area (Å²) in [5.41, 5.74) is 4.64. The fourth-order valence-electron chi connectivity index (χ4n) is 3.75. The number of hydrogen-bond acceptors (Lipinski definition) is 7. The Morgan fingerprint density at radius 1 is 1.10 bits per heavy atom. The highest BCUT2D eigenvalue weighted by molar-refractivity contribution is 6.03. The zero-order valence-electron chi connectivity index (χ0n) is 17.9. The summed E-state index contributed by atoms with van der Waals surface area (Å²) in [6.45, 7) is 3.38. The molecule has 8 heteroatoms. The molecule has 0 saturated carbocycles. The molecule has 0 unspecified atom stereocenters. The van der Waals surface area contributed by atoms with Crippen LogP contribution in [0.3, 0.4) is 0 Å². The second-order valence-electron chi connectivity index (χ2n) is 7.27. The fourth-order valence-corrected chi connectivity index (χ4v) is 3.75. The number of carbonyl (C=O) groups excluding carboxylic acids is 2. The monoisotopic (exact) mass is 407 g/mol. The van der Waals surface area contributed by atoms with E-state index in [1.807, 2.05) is 51.2 Å². The van der Waals surface area contributed by atoms with Gasteiger partial charge in [0.2, 0.25) is 5.78 Å². The molecule has 156 valence electrons. The lowest BCUT2D eigenvalue weighted by Gasteiger charge is -2.19. The van der Waals surface area contributed by atoms with Crippen molar-refractivity contribution in [1.29, 1.82) is 5.26 Å². The van der Waals surface area contributed by atoms with Crippen molar-refractivity contribution in [3.05, 3.63) is 52.6 Å². The molecule has 30 heavy (non-hydrogen) atoms. The van der Waals surface area contributed by atoms with E-state index in [2.05, 4.69) is 5.10 Å². The Bertz CT molecular complexity index is 1050. The smallest absolute Gasteiger partial charge is 0.306 e. The molecule has 2 aromatic rings. The van der Waals surface area contributed by atoms with Crippen molar-refractivity contribution in [2.45, 2.75) is 26.7 Å². The van der Waals surface area contributed by atoms with E-state index in [4.69, 9.17) is 4.74 Å². The van der Waals surface area contributed by atoms with Gasteiger partial charge in [0.1, 0.15) is 17.5 Å². The number of anilines is 2. The molecule has 0 aliphatic carbocycles. The van der Waals surface area contributed by atoms with E-state index < -0.39 is 18.4 Å². The summed E-state index contributed by atoms with van der Waals surface area (Å²) in [6, 6.07) is 9.61. The van der Waals surface area contributed by atoms with Gasteiger partial charge in [-0.1, -0.05) is 12.1 Å². The maximum Gasteiger partial charge on any atom is 0.306 e. The van der Waals surface area contributed by atoms with Gasteiger partial charge in [0.05, 0.1) is 17.1 Å². The van der Waals surface area contributed by atoms with Gasteiger partial charge < -0.3 is 14.5 Å². The van der Waals surface area contributed by atoms with Gasteiger partial charge in [-0.2, -0.15) is 10.4 Å². The van der Waals surface area contributed by atoms with Crippen LogP contribution in [-0.2, 0) is 27.8 Å². The third-order valence-corrected chi connectivity index (χ3v) is 5.46.